The summed E-state index contributed by atoms with van der Waals surface area (Å²) in [6, 6.07) is 5.33. The van der Waals surface area contributed by atoms with Crippen LogP contribution in [0.4, 0.5) is 10.1 Å². The van der Waals surface area contributed by atoms with Gasteiger partial charge in [-0.15, -0.1) is 11.3 Å². The van der Waals surface area contributed by atoms with E-state index in [4.69, 9.17) is 0 Å². The Bertz CT molecular complexity index is 746. The van der Waals surface area contributed by atoms with Crippen LogP contribution in [0.3, 0.4) is 0 Å². The Morgan fingerprint density at radius 3 is 3.00 bits per heavy atom. The Kier molecular flexibility index (Phi) is 4.38. The molecule has 0 aliphatic carbocycles. The van der Waals surface area contributed by atoms with Gasteiger partial charge in [-0.25, -0.2) is 9.37 Å². The van der Waals surface area contributed by atoms with E-state index in [0.29, 0.717) is 29.2 Å². The number of anilines is 1. The predicted octanol–water partition coefficient (Wildman–Crippen LogP) is 2.52. The summed E-state index contributed by atoms with van der Waals surface area (Å²) in [7, 11) is 0. The Balaban J connectivity index is 1.75. The number of benzene rings is 1. The molecule has 1 N–H and O–H groups in total. The topological polar surface area (TPSA) is 62.3 Å². The van der Waals surface area contributed by atoms with Crippen LogP contribution >= 0.6 is 11.3 Å². The highest BCUT2D eigenvalue weighted by Crippen LogP contribution is 2.22. The van der Waals surface area contributed by atoms with E-state index >= 15 is 0 Å². The lowest BCUT2D eigenvalue weighted by molar-refractivity contribution is -0.121. The standard InChI is InChI=1S/C16H16FN3O2S/c1-10-14(23-9-18-10)15(21)19-13-6-3-7-20(16(13)22)12-5-2-4-11(17)8-12/h2,4-5,8-9,13H,3,6-7H2,1H3,(H,19,21)/t13-/m0/s1. The minimum atomic E-state index is -0.596. The van der Waals surface area contributed by atoms with Gasteiger partial charge in [0, 0.05) is 12.2 Å². The predicted molar refractivity (Wildman–Crippen MR) is 86.1 cm³/mol. The van der Waals surface area contributed by atoms with Gasteiger partial charge in [0.05, 0.1) is 11.2 Å². The molecule has 23 heavy (non-hydrogen) atoms. The Labute approximate surface area is 137 Å². The molecule has 5 nitrogen and oxygen atoms in total. The first-order chi connectivity index (χ1) is 11.1. The molecule has 1 atom stereocenters. The number of carbonyl (C=O) groups is 2. The van der Waals surface area contributed by atoms with E-state index in [2.05, 4.69) is 10.3 Å². The van der Waals surface area contributed by atoms with Gasteiger partial charge in [0.15, 0.2) is 0 Å². The van der Waals surface area contributed by atoms with Crippen LogP contribution in [0, 0.1) is 12.7 Å². The van der Waals surface area contributed by atoms with Crippen molar-refractivity contribution < 1.29 is 14.0 Å². The molecule has 2 aromatic rings. The quantitative estimate of drug-likeness (QED) is 0.939. The van der Waals surface area contributed by atoms with Gasteiger partial charge in [-0.3, -0.25) is 9.59 Å². The molecule has 1 aliphatic heterocycles. The molecule has 1 saturated heterocycles. The second-order valence-electron chi connectivity index (χ2n) is 5.40. The van der Waals surface area contributed by atoms with E-state index < -0.39 is 6.04 Å². The molecule has 3 rings (SSSR count). The summed E-state index contributed by atoms with van der Waals surface area (Å²) in [6.07, 6.45) is 1.32. The number of thiazole rings is 1. The fourth-order valence-corrected chi connectivity index (χ4v) is 3.36. The maximum atomic E-state index is 13.4. The number of nitrogens with zero attached hydrogens (tertiary/aromatic N) is 2. The molecular formula is C16H16FN3O2S. The number of nitrogens with one attached hydrogen (secondary N) is 1. The van der Waals surface area contributed by atoms with Crippen LogP contribution in [0.2, 0.25) is 0 Å². The van der Waals surface area contributed by atoms with E-state index in [0.717, 1.165) is 6.42 Å². The van der Waals surface area contributed by atoms with Crippen molar-refractivity contribution in [3.63, 3.8) is 0 Å². The van der Waals surface area contributed by atoms with E-state index in [-0.39, 0.29) is 17.6 Å². The highest BCUT2D eigenvalue weighted by Gasteiger charge is 2.31. The zero-order chi connectivity index (χ0) is 16.4. The monoisotopic (exact) mass is 333 g/mol. The summed E-state index contributed by atoms with van der Waals surface area (Å²) in [5.41, 5.74) is 2.77. The summed E-state index contributed by atoms with van der Waals surface area (Å²) in [6.45, 7) is 2.28. The van der Waals surface area contributed by atoms with Crippen molar-refractivity contribution >= 4 is 28.8 Å². The third-order valence-corrected chi connectivity index (χ3v) is 4.74. The lowest BCUT2D eigenvalue weighted by Gasteiger charge is -2.32. The molecule has 1 aromatic heterocycles. The third-order valence-electron chi connectivity index (χ3n) is 3.82. The average Bonchev–Trinajstić information content (AvgIpc) is 2.95. The van der Waals surface area contributed by atoms with Crippen LogP contribution in [-0.4, -0.2) is 29.4 Å². The number of rotatable bonds is 3. The normalized spacial score (nSPS) is 18.1. The molecule has 120 valence electrons. The molecule has 1 aromatic carbocycles. The molecule has 1 fully saturated rings. The lowest BCUT2D eigenvalue weighted by atomic mass is 10.0. The zero-order valence-corrected chi connectivity index (χ0v) is 13.4. The number of amides is 2. The number of hydrogen-bond acceptors (Lipinski definition) is 4. The highest BCUT2D eigenvalue weighted by atomic mass is 32.1. The van der Waals surface area contributed by atoms with Crippen LogP contribution < -0.4 is 10.2 Å². The number of halogens is 1. The third kappa shape index (κ3) is 3.24. The highest BCUT2D eigenvalue weighted by molar-refractivity contribution is 7.11. The van der Waals surface area contributed by atoms with Gasteiger partial charge in [-0.05, 0) is 38.0 Å². The van der Waals surface area contributed by atoms with Gasteiger partial charge >= 0.3 is 0 Å². The smallest absolute Gasteiger partial charge is 0.263 e. The van der Waals surface area contributed by atoms with Gasteiger partial charge in [-0.1, -0.05) is 6.07 Å². The molecule has 1 aliphatic rings. The molecule has 0 saturated carbocycles. The summed E-state index contributed by atoms with van der Waals surface area (Å²) >= 11 is 1.25. The average molecular weight is 333 g/mol. The molecule has 0 unspecified atom stereocenters. The van der Waals surface area contributed by atoms with Crippen molar-refractivity contribution in [3.05, 3.63) is 46.2 Å². The Morgan fingerprint density at radius 1 is 1.48 bits per heavy atom. The summed E-state index contributed by atoms with van der Waals surface area (Å²) in [5.74, 6) is -0.886. The first-order valence-electron chi connectivity index (χ1n) is 7.34. The number of aromatic nitrogens is 1. The van der Waals surface area contributed by atoms with Crippen LogP contribution in [0.25, 0.3) is 0 Å². The van der Waals surface area contributed by atoms with Gasteiger partial charge in [-0.2, -0.15) is 0 Å². The SMILES string of the molecule is Cc1ncsc1C(=O)N[C@H]1CCCN(c2cccc(F)c2)C1=O. The second kappa shape index (κ2) is 6.45. The van der Waals surface area contributed by atoms with Crippen molar-refractivity contribution in [2.45, 2.75) is 25.8 Å². The first kappa shape index (κ1) is 15.6. The largest absolute Gasteiger partial charge is 0.339 e. The van der Waals surface area contributed by atoms with Gasteiger partial charge in [0.1, 0.15) is 16.7 Å². The van der Waals surface area contributed by atoms with Gasteiger partial charge in [0.25, 0.3) is 5.91 Å². The maximum absolute atomic E-state index is 13.4. The molecular weight excluding hydrogens is 317 g/mol. The summed E-state index contributed by atoms with van der Waals surface area (Å²) in [4.78, 5) is 31.0. The first-order valence-corrected chi connectivity index (χ1v) is 8.22. The zero-order valence-electron chi connectivity index (χ0n) is 12.6. The number of carbonyl (C=O) groups excluding carboxylic acids is 2. The van der Waals surface area contributed by atoms with E-state index in [9.17, 15) is 14.0 Å². The van der Waals surface area contributed by atoms with Crippen molar-refractivity contribution in [2.24, 2.45) is 0 Å². The minimum Gasteiger partial charge on any atom is -0.339 e. The van der Waals surface area contributed by atoms with Crippen LogP contribution in [0.5, 0.6) is 0 Å². The van der Waals surface area contributed by atoms with Crippen molar-refractivity contribution in [3.8, 4) is 0 Å². The van der Waals surface area contributed by atoms with E-state index in [1.165, 1.54) is 28.4 Å². The van der Waals surface area contributed by atoms with E-state index in [1.807, 2.05) is 0 Å². The molecule has 2 amide bonds. The molecule has 0 radical (unpaired) electrons. The fourth-order valence-electron chi connectivity index (χ4n) is 2.65. The van der Waals surface area contributed by atoms with Gasteiger partial charge < -0.3 is 10.2 Å². The molecule has 0 bridgehead atoms. The second-order valence-corrected chi connectivity index (χ2v) is 6.26. The number of hydrogen-bond donors (Lipinski definition) is 1. The fraction of sp³-hybridized carbons (Fsp3) is 0.312. The molecule has 2 heterocycles. The van der Waals surface area contributed by atoms with Crippen LogP contribution in [-0.2, 0) is 4.79 Å². The number of aryl methyl sites for hydroxylation is 1. The van der Waals surface area contributed by atoms with Crippen molar-refractivity contribution in [1.82, 2.24) is 10.3 Å². The minimum absolute atomic E-state index is 0.211. The van der Waals surface area contributed by atoms with Gasteiger partial charge in [0.2, 0.25) is 5.91 Å². The van der Waals surface area contributed by atoms with Crippen LogP contribution in [0.15, 0.2) is 29.8 Å². The lowest BCUT2D eigenvalue weighted by Crippen LogP contribution is -2.52. The number of piperidine rings is 1. The van der Waals surface area contributed by atoms with Crippen LogP contribution in [0.1, 0.15) is 28.2 Å². The Hall–Kier alpha value is -2.28. The van der Waals surface area contributed by atoms with Crippen molar-refractivity contribution in [1.29, 1.82) is 0 Å². The molecule has 0 spiro atoms. The molecule has 7 heteroatoms. The summed E-state index contributed by atoms with van der Waals surface area (Å²) in [5, 5.41) is 2.77. The van der Waals surface area contributed by atoms with E-state index in [1.54, 1.807) is 24.6 Å². The summed E-state index contributed by atoms with van der Waals surface area (Å²) < 4.78 is 13.4. The maximum Gasteiger partial charge on any atom is 0.263 e. The Morgan fingerprint density at radius 2 is 2.30 bits per heavy atom. The van der Waals surface area contributed by atoms with Crippen molar-refractivity contribution in [2.75, 3.05) is 11.4 Å².